The molecule has 102 valence electrons. The summed E-state index contributed by atoms with van der Waals surface area (Å²) in [5.74, 6) is 0.855. The predicted octanol–water partition coefficient (Wildman–Crippen LogP) is 1.92. The van der Waals surface area contributed by atoms with E-state index in [1.54, 1.807) is 18.4 Å². The molecule has 0 radical (unpaired) electrons. The second kappa shape index (κ2) is 7.38. The highest BCUT2D eigenvalue weighted by Crippen LogP contribution is 2.22. The molecule has 0 aliphatic heterocycles. The molecule has 18 heavy (non-hydrogen) atoms. The molecule has 0 fully saturated rings. The number of nitrogens with one attached hydrogen (secondary N) is 2. The molecular formula is C13H24N4S. The molecule has 0 aliphatic carbocycles. The van der Waals surface area contributed by atoms with Gasteiger partial charge in [0.15, 0.2) is 5.96 Å². The maximum absolute atomic E-state index is 4.22. The van der Waals surface area contributed by atoms with Gasteiger partial charge in [0.1, 0.15) is 0 Å². The summed E-state index contributed by atoms with van der Waals surface area (Å²) >= 11 is 1.79. The van der Waals surface area contributed by atoms with E-state index in [0.717, 1.165) is 12.5 Å². The molecule has 0 bridgehead atoms. The molecule has 0 aromatic carbocycles. The number of hydrogen-bond acceptors (Lipinski definition) is 3. The minimum absolute atomic E-state index is 0.371. The Labute approximate surface area is 114 Å². The predicted molar refractivity (Wildman–Crippen MR) is 80.4 cm³/mol. The van der Waals surface area contributed by atoms with Crippen molar-refractivity contribution in [2.24, 2.45) is 4.99 Å². The molecule has 0 spiro atoms. The van der Waals surface area contributed by atoms with E-state index in [4.69, 9.17) is 0 Å². The summed E-state index contributed by atoms with van der Waals surface area (Å²) in [6.07, 6.45) is 0. The zero-order valence-electron chi connectivity index (χ0n) is 11.9. The van der Waals surface area contributed by atoms with Crippen LogP contribution in [0.3, 0.4) is 0 Å². The van der Waals surface area contributed by atoms with E-state index in [1.165, 1.54) is 4.88 Å². The highest BCUT2D eigenvalue weighted by Gasteiger charge is 2.15. The smallest absolute Gasteiger partial charge is 0.191 e. The number of thiophene rings is 1. The highest BCUT2D eigenvalue weighted by molar-refractivity contribution is 7.10. The van der Waals surface area contributed by atoms with Crippen LogP contribution in [0, 0.1) is 0 Å². The van der Waals surface area contributed by atoms with Gasteiger partial charge in [-0.15, -0.1) is 11.3 Å². The standard InChI is InChI=1S/C13H24N4S/c1-10(2)16-13(14-3)15-9-11(17(4)5)12-7-6-8-18-12/h6-8,10-11H,9H2,1-5H3,(H2,14,15,16). The van der Waals surface area contributed by atoms with Crippen LogP contribution in [-0.2, 0) is 0 Å². The van der Waals surface area contributed by atoms with E-state index < -0.39 is 0 Å². The maximum atomic E-state index is 4.22. The van der Waals surface area contributed by atoms with Crippen molar-refractivity contribution in [2.75, 3.05) is 27.7 Å². The van der Waals surface area contributed by atoms with Gasteiger partial charge in [0.25, 0.3) is 0 Å². The van der Waals surface area contributed by atoms with E-state index in [2.05, 4.69) is 66.0 Å². The van der Waals surface area contributed by atoms with Crippen molar-refractivity contribution in [3.63, 3.8) is 0 Å². The molecule has 1 unspecified atom stereocenters. The van der Waals surface area contributed by atoms with E-state index in [9.17, 15) is 0 Å². The number of guanidine groups is 1. The average molecular weight is 268 g/mol. The van der Waals surface area contributed by atoms with Gasteiger partial charge in [-0.25, -0.2) is 0 Å². The van der Waals surface area contributed by atoms with Gasteiger partial charge < -0.3 is 15.5 Å². The Morgan fingerprint density at radius 3 is 2.61 bits per heavy atom. The SMILES string of the molecule is CN=C(NCC(c1cccs1)N(C)C)NC(C)C. The van der Waals surface area contributed by atoms with Crippen LogP contribution in [0.15, 0.2) is 22.5 Å². The summed E-state index contributed by atoms with van der Waals surface area (Å²) in [5, 5.41) is 8.79. The molecule has 1 rings (SSSR count). The summed E-state index contributed by atoms with van der Waals surface area (Å²) < 4.78 is 0. The average Bonchev–Trinajstić information content (AvgIpc) is 2.80. The molecule has 1 aromatic heterocycles. The minimum Gasteiger partial charge on any atom is -0.354 e. The van der Waals surface area contributed by atoms with Gasteiger partial charge in [-0.1, -0.05) is 6.07 Å². The molecule has 5 heteroatoms. The second-order valence-corrected chi connectivity index (χ2v) is 5.73. The zero-order valence-corrected chi connectivity index (χ0v) is 12.7. The summed E-state index contributed by atoms with van der Waals surface area (Å²) in [6, 6.07) is 5.03. The van der Waals surface area contributed by atoms with Crippen LogP contribution in [0.1, 0.15) is 24.8 Å². The molecule has 2 N–H and O–H groups in total. The van der Waals surface area contributed by atoms with Crippen molar-refractivity contribution in [3.8, 4) is 0 Å². The van der Waals surface area contributed by atoms with Crippen LogP contribution in [0.2, 0.25) is 0 Å². The van der Waals surface area contributed by atoms with Crippen molar-refractivity contribution in [3.05, 3.63) is 22.4 Å². The van der Waals surface area contributed by atoms with Gasteiger partial charge in [-0.05, 0) is 39.4 Å². The largest absolute Gasteiger partial charge is 0.354 e. The van der Waals surface area contributed by atoms with Crippen LogP contribution in [0.25, 0.3) is 0 Å². The Balaban J connectivity index is 2.58. The van der Waals surface area contributed by atoms with E-state index in [-0.39, 0.29) is 0 Å². The molecule has 1 heterocycles. The Kier molecular flexibility index (Phi) is 6.15. The third-order valence-electron chi connectivity index (χ3n) is 2.61. The lowest BCUT2D eigenvalue weighted by Crippen LogP contribution is -2.44. The van der Waals surface area contributed by atoms with Gasteiger partial charge in [-0.3, -0.25) is 4.99 Å². The number of hydrogen-bond donors (Lipinski definition) is 2. The van der Waals surface area contributed by atoms with Crippen molar-refractivity contribution in [1.29, 1.82) is 0 Å². The van der Waals surface area contributed by atoms with Crippen LogP contribution in [0.5, 0.6) is 0 Å². The summed E-state index contributed by atoms with van der Waals surface area (Å²) in [7, 11) is 6.00. The summed E-state index contributed by atoms with van der Waals surface area (Å²) in [5.41, 5.74) is 0. The normalized spacial score (nSPS) is 14.1. The monoisotopic (exact) mass is 268 g/mol. The van der Waals surface area contributed by atoms with Crippen LogP contribution < -0.4 is 10.6 Å². The topological polar surface area (TPSA) is 39.7 Å². The third kappa shape index (κ3) is 4.66. The van der Waals surface area contributed by atoms with Gasteiger partial charge in [0.2, 0.25) is 0 Å². The van der Waals surface area contributed by atoms with Gasteiger partial charge in [0.05, 0.1) is 6.04 Å². The summed E-state index contributed by atoms with van der Waals surface area (Å²) in [6.45, 7) is 5.06. The molecule has 0 aliphatic rings. The van der Waals surface area contributed by atoms with Gasteiger partial charge >= 0.3 is 0 Å². The molecular weight excluding hydrogens is 244 g/mol. The van der Waals surface area contributed by atoms with E-state index in [1.807, 2.05) is 0 Å². The molecule has 0 amide bonds. The van der Waals surface area contributed by atoms with Crippen molar-refractivity contribution >= 4 is 17.3 Å². The first kappa shape index (κ1) is 15.0. The molecule has 0 saturated carbocycles. The highest BCUT2D eigenvalue weighted by atomic mass is 32.1. The lowest BCUT2D eigenvalue weighted by molar-refractivity contribution is 0.302. The Bertz CT molecular complexity index is 357. The van der Waals surface area contributed by atoms with Crippen LogP contribution in [0.4, 0.5) is 0 Å². The fourth-order valence-electron chi connectivity index (χ4n) is 1.68. The Morgan fingerprint density at radius 1 is 1.44 bits per heavy atom. The number of likely N-dealkylation sites (N-methyl/N-ethyl adjacent to an activating group) is 1. The first-order chi connectivity index (χ1) is 8.54. The molecule has 1 atom stereocenters. The lowest BCUT2D eigenvalue weighted by Gasteiger charge is -2.25. The van der Waals surface area contributed by atoms with E-state index in [0.29, 0.717) is 12.1 Å². The number of rotatable bonds is 5. The quantitative estimate of drug-likeness (QED) is 0.633. The van der Waals surface area contributed by atoms with Crippen molar-refractivity contribution in [1.82, 2.24) is 15.5 Å². The maximum Gasteiger partial charge on any atom is 0.191 e. The first-order valence-corrected chi connectivity index (χ1v) is 7.09. The molecule has 0 saturated heterocycles. The number of nitrogens with zero attached hydrogens (tertiary/aromatic N) is 2. The van der Waals surface area contributed by atoms with Crippen LogP contribution >= 0.6 is 11.3 Å². The fourth-order valence-corrected chi connectivity index (χ4v) is 2.60. The van der Waals surface area contributed by atoms with Crippen LogP contribution in [-0.4, -0.2) is 44.6 Å². The summed E-state index contributed by atoms with van der Waals surface area (Å²) in [4.78, 5) is 7.81. The molecule has 1 aromatic rings. The Hall–Kier alpha value is -1.07. The van der Waals surface area contributed by atoms with Gasteiger partial charge in [0, 0.05) is 24.5 Å². The van der Waals surface area contributed by atoms with Gasteiger partial charge in [-0.2, -0.15) is 0 Å². The fraction of sp³-hybridized carbons (Fsp3) is 0.615. The lowest BCUT2D eigenvalue weighted by atomic mass is 10.2. The van der Waals surface area contributed by atoms with Crippen molar-refractivity contribution < 1.29 is 0 Å². The van der Waals surface area contributed by atoms with Crippen molar-refractivity contribution in [2.45, 2.75) is 25.9 Å². The second-order valence-electron chi connectivity index (χ2n) is 4.75. The third-order valence-corrected chi connectivity index (χ3v) is 3.58. The minimum atomic E-state index is 0.371. The molecule has 4 nitrogen and oxygen atoms in total. The number of aliphatic imine (C=N–C) groups is 1. The zero-order chi connectivity index (χ0) is 13.5. The first-order valence-electron chi connectivity index (χ1n) is 6.21. The van der Waals surface area contributed by atoms with E-state index >= 15 is 0 Å². The Morgan fingerprint density at radius 2 is 2.17 bits per heavy atom.